The van der Waals surface area contributed by atoms with Crippen LogP contribution in [0.2, 0.25) is 10.0 Å². The van der Waals surface area contributed by atoms with Crippen molar-refractivity contribution >= 4 is 29.1 Å². The van der Waals surface area contributed by atoms with Gasteiger partial charge in [-0.05, 0) is 48.2 Å². The highest BCUT2D eigenvalue weighted by atomic mass is 35.5. The molecule has 2 aromatic rings. The molecule has 2 rings (SSSR count). The zero-order valence-corrected chi connectivity index (χ0v) is 16.7. The van der Waals surface area contributed by atoms with E-state index in [4.69, 9.17) is 32.7 Å². The van der Waals surface area contributed by atoms with Gasteiger partial charge in [-0.25, -0.2) is 0 Å². The van der Waals surface area contributed by atoms with Crippen molar-refractivity contribution in [2.24, 2.45) is 5.92 Å². The number of hydrogen-bond donors (Lipinski definition) is 1. The van der Waals surface area contributed by atoms with Gasteiger partial charge in [0.1, 0.15) is 0 Å². The predicted octanol–water partition coefficient (Wildman–Crippen LogP) is 5.36. The number of carbonyl (C=O) groups is 1. The molecule has 0 heterocycles. The number of methoxy groups -OCH3 is 1. The zero-order chi connectivity index (χ0) is 19.1. The van der Waals surface area contributed by atoms with Gasteiger partial charge in [-0.2, -0.15) is 0 Å². The van der Waals surface area contributed by atoms with Crippen LogP contribution in [0, 0.1) is 5.92 Å². The molecule has 0 aliphatic carbocycles. The minimum atomic E-state index is -0.261. The van der Waals surface area contributed by atoms with Crippen LogP contribution in [0.5, 0.6) is 11.5 Å². The van der Waals surface area contributed by atoms with Crippen LogP contribution in [0.15, 0.2) is 36.4 Å². The van der Waals surface area contributed by atoms with Gasteiger partial charge < -0.3 is 14.8 Å². The van der Waals surface area contributed by atoms with E-state index >= 15 is 0 Å². The Kier molecular flexibility index (Phi) is 7.61. The van der Waals surface area contributed by atoms with Crippen molar-refractivity contribution in [3.8, 4) is 11.5 Å². The Morgan fingerprint density at radius 2 is 1.88 bits per heavy atom. The molecule has 0 radical (unpaired) electrons. The highest BCUT2D eigenvalue weighted by Gasteiger charge is 2.12. The highest BCUT2D eigenvalue weighted by molar-refractivity contribution is 6.36. The number of rotatable bonds is 8. The summed E-state index contributed by atoms with van der Waals surface area (Å²) in [7, 11) is 1.60. The fourth-order valence-electron chi connectivity index (χ4n) is 2.30. The molecule has 0 unspecified atom stereocenters. The van der Waals surface area contributed by atoms with Crippen molar-refractivity contribution in [2.75, 3.05) is 13.7 Å². The molecular weight excluding hydrogens is 373 g/mol. The Morgan fingerprint density at radius 1 is 1.12 bits per heavy atom. The second-order valence-electron chi connectivity index (χ2n) is 6.32. The zero-order valence-electron chi connectivity index (χ0n) is 15.1. The molecule has 1 N–H and O–H groups in total. The van der Waals surface area contributed by atoms with Crippen LogP contribution in [0.25, 0.3) is 0 Å². The summed E-state index contributed by atoms with van der Waals surface area (Å²) in [6, 6.07) is 10.4. The number of halogens is 2. The van der Waals surface area contributed by atoms with Gasteiger partial charge in [0.15, 0.2) is 11.5 Å². The third-order valence-electron chi connectivity index (χ3n) is 3.81. The number of nitrogens with one attached hydrogen (secondary N) is 1. The summed E-state index contributed by atoms with van der Waals surface area (Å²) < 4.78 is 11.2. The summed E-state index contributed by atoms with van der Waals surface area (Å²) in [5, 5.41) is 3.65. The lowest BCUT2D eigenvalue weighted by molar-refractivity contribution is 0.0951. The third kappa shape index (κ3) is 5.82. The van der Waals surface area contributed by atoms with Crippen molar-refractivity contribution in [2.45, 2.75) is 26.8 Å². The SMILES string of the molecule is COc1cc(CNC(=O)c2ccc(Cl)cc2Cl)ccc1OCCC(C)C. The lowest BCUT2D eigenvalue weighted by atomic mass is 10.1. The van der Waals surface area contributed by atoms with Crippen LogP contribution in [0.3, 0.4) is 0 Å². The average Bonchev–Trinajstić information content (AvgIpc) is 2.60. The van der Waals surface area contributed by atoms with E-state index in [0.717, 1.165) is 12.0 Å². The molecular formula is C20H23Cl2NO3. The van der Waals surface area contributed by atoms with Gasteiger partial charge in [0.25, 0.3) is 5.91 Å². The third-order valence-corrected chi connectivity index (χ3v) is 4.36. The normalized spacial score (nSPS) is 10.7. The quantitative estimate of drug-likeness (QED) is 0.654. The van der Waals surface area contributed by atoms with Gasteiger partial charge in [-0.1, -0.05) is 43.1 Å². The molecule has 0 aliphatic heterocycles. The van der Waals surface area contributed by atoms with E-state index < -0.39 is 0 Å². The molecule has 0 bridgehead atoms. The Bertz CT molecular complexity index is 763. The van der Waals surface area contributed by atoms with Crippen LogP contribution >= 0.6 is 23.2 Å². The first-order valence-electron chi connectivity index (χ1n) is 8.43. The van der Waals surface area contributed by atoms with Crippen LogP contribution in [-0.4, -0.2) is 19.6 Å². The fourth-order valence-corrected chi connectivity index (χ4v) is 2.79. The van der Waals surface area contributed by atoms with Crippen molar-refractivity contribution in [1.82, 2.24) is 5.32 Å². The van der Waals surface area contributed by atoms with Gasteiger partial charge in [-0.3, -0.25) is 4.79 Å². The van der Waals surface area contributed by atoms with Crippen LogP contribution in [0.4, 0.5) is 0 Å². The van der Waals surface area contributed by atoms with Crippen LogP contribution in [0.1, 0.15) is 36.2 Å². The van der Waals surface area contributed by atoms with Crippen LogP contribution in [-0.2, 0) is 6.54 Å². The molecule has 140 valence electrons. The molecule has 6 heteroatoms. The fraction of sp³-hybridized carbons (Fsp3) is 0.350. The summed E-state index contributed by atoms with van der Waals surface area (Å²) in [5.74, 6) is 1.66. The van der Waals surface area contributed by atoms with E-state index in [1.54, 1.807) is 25.3 Å². The Morgan fingerprint density at radius 3 is 2.54 bits per heavy atom. The molecule has 26 heavy (non-hydrogen) atoms. The number of amides is 1. The molecule has 0 aliphatic rings. The summed E-state index contributed by atoms with van der Waals surface area (Å²) in [6.45, 7) is 5.29. The largest absolute Gasteiger partial charge is 0.493 e. The van der Waals surface area contributed by atoms with E-state index in [0.29, 0.717) is 46.2 Å². The maximum atomic E-state index is 12.3. The minimum Gasteiger partial charge on any atom is -0.493 e. The molecule has 0 saturated carbocycles. The topological polar surface area (TPSA) is 47.6 Å². The highest BCUT2D eigenvalue weighted by Crippen LogP contribution is 2.28. The van der Waals surface area contributed by atoms with E-state index in [1.165, 1.54) is 0 Å². The van der Waals surface area contributed by atoms with Crippen molar-refractivity contribution in [3.05, 3.63) is 57.6 Å². The number of carbonyl (C=O) groups excluding carboxylic acids is 1. The van der Waals surface area contributed by atoms with E-state index in [2.05, 4.69) is 19.2 Å². The Balaban J connectivity index is 1.99. The second kappa shape index (κ2) is 9.70. The number of hydrogen-bond acceptors (Lipinski definition) is 3. The van der Waals surface area contributed by atoms with E-state index in [9.17, 15) is 4.79 Å². The summed E-state index contributed by atoms with van der Waals surface area (Å²) in [4.78, 5) is 12.3. The molecule has 1 amide bonds. The maximum Gasteiger partial charge on any atom is 0.253 e. The van der Waals surface area contributed by atoms with E-state index in [-0.39, 0.29) is 5.91 Å². The smallest absolute Gasteiger partial charge is 0.253 e. The molecule has 0 aromatic heterocycles. The van der Waals surface area contributed by atoms with Gasteiger partial charge >= 0.3 is 0 Å². The predicted molar refractivity (Wildman–Crippen MR) is 106 cm³/mol. The molecule has 0 saturated heterocycles. The lowest BCUT2D eigenvalue weighted by Crippen LogP contribution is -2.23. The minimum absolute atomic E-state index is 0.261. The first-order chi connectivity index (χ1) is 12.4. The Labute approximate surface area is 164 Å². The Hall–Kier alpha value is -1.91. The molecule has 4 nitrogen and oxygen atoms in total. The van der Waals surface area contributed by atoms with Crippen molar-refractivity contribution in [3.63, 3.8) is 0 Å². The first kappa shape index (κ1) is 20.4. The first-order valence-corrected chi connectivity index (χ1v) is 9.19. The van der Waals surface area contributed by atoms with E-state index in [1.807, 2.05) is 18.2 Å². The van der Waals surface area contributed by atoms with Crippen LogP contribution < -0.4 is 14.8 Å². The van der Waals surface area contributed by atoms with Gasteiger partial charge in [0.2, 0.25) is 0 Å². The van der Waals surface area contributed by atoms with Gasteiger partial charge in [0.05, 0.1) is 24.3 Å². The standard InChI is InChI=1S/C20H23Cl2NO3/c1-13(2)8-9-26-18-7-4-14(10-19(18)25-3)12-23-20(24)16-6-5-15(21)11-17(16)22/h4-7,10-11,13H,8-9,12H2,1-3H3,(H,23,24). The second-order valence-corrected chi connectivity index (χ2v) is 7.17. The summed E-state index contributed by atoms with van der Waals surface area (Å²) in [6.07, 6.45) is 0.975. The lowest BCUT2D eigenvalue weighted by Gasteiger charge is -2.13. The van der Waals surface area contributed by atoms with Crippen molar-refractivity contribution < 1.29 is 14.3 Å². The monoisotopic (exact) mass is 395 g/mol. The average molecular weight is 396 g/mol. The van der Waals surface area contributed by atoms with Gasteiger partial charge in [0, 0.05) is 11.6 Å². The van der Waals surface area contributed by atoms with Gasteiger partial charge in [-0.15, -0.1) is 0 Å². The number of ether oxygens (including phenoxy) is 2. The molecule has 0 atom stereocenters. The summed E-state index contributed by atoms with van der Waals surface area (Å²) >= 11 is 11.9. The number of benzene rings is 2. The molecule has 2 aromatic carbocycles. The summed E-state index contributed by atoms with van der Waals surface area (Å²) in [5.41, 5.74) is 1.29. The van der Waals surface area contributed by atoms with Crippen molar-refractivity contribution in [1.29, 1.82) is 0 Å². The maximum absolute atomic E-state index is 12.3. The molecule has 0 spiro atoms. The molecule has 0 fully saturated rings.